The van der Waals surface area contributed by atoms with Gasteiger partial charge < -0.3 is 4.74 Å². The van der Waals surface area contributed by atoms with Crippen LogP contribution in [0.3, 0.4) is 0 Å². The van der Waals surface area contributed by atoms with Crippen LogP contribution in [0.15, 0.2) is 24.5 Å². The number of rotatable bonds is 3. The van der Waals surface area contributed by atoms with Gasteiger partial charge in [-0.3, -0.25) is 0 Å². The average Bonchev–Trinajstić information content (AvgIpc) is 2.39. The SMILES string of the molecule is COc1ccc(-c2ncc(CCl)cn2)nn1. The summed E-state index contributed by atoms with van der Waals surface area (Å²) in [5.74, 6) is 1.37. The molecule has 0 aliphatic heterocycles. The second-order valence-corrected chi connectivity index (χ2v) is 3.28. The molecule has 0 fully saturated rings. The van der Waals surface area contributed by atoms with Crippen molar-refractivity contribution in [3.8, 4) is 17.4 Å². The molecule has 0 bridgehead atoms. The van der Waals surface area contributed by atoms with Crippen LogP contribution in [0.5, 0.6) is 5.88 Å². The van der Waals surface area contributed by atoms with E-state index >= 15 is 0 Å². The van der Waals surface area contributed by atoms with Gasteiger partial charge in [0.1, 0.15) is 5.69 Å². The van der Waals surface area contributed by atoms with E-state index in [4.69, 9.17) is 16.3 Å². The smallest absolute Gasteiger partial charge is 0.233 e. The minimum Gasteiger partial charge on any atom is -0.480 e. The Morgan fingerprint density at radius 2 is 1.94 bits per heavy atom. The Labute approximate surface area is 97.5 Å². The predicted octanol–water partition coefficient (Wildman–Crippen LogP) is 1.68. The first-order chi connectivity index (χ1) is 7.83. The van der Waals surface area contributed by atoms with E-state index in [1.807, 2.05) is 0 Å². The quantitative estimate of drug-likeness (QED) is 0.759. The van der Waals surface area contributed by atoms with Gasteiger partial charge in [-0.25, -0.2) is 9.97 Å². The molecule has 6 heteroatoms. The Balaban J connectivity index is 2.28. The van der Waals surface area contributed by atoms with Crippen molar-refractivity contribution in [2.75, 3.05) is 7.11 Å². The van der Waals surface area contributed by atoms with Crippen molar-refractivity contribution in [3.63, 3.8) is 0 Å². The largest absolute Gasteiger partial charge is 0.480 e. The molecule has 0 aliphatic carbocycles. The summed E-state index contributed by atoms with van der Waals surface area (Å²) in [6.07, 6.45) is 3.34. The molecule has 2 rings (SSSR count). The molecule has 0 N–H and O–H groups in total. The zero-order valence-electron chi connectivity index (χ0n) is 8.59. The summed E-state index contributed by atoms with van der Waals surface area (Å²) in [6.45, 7) is 0. The van der Waals surface area contributed by atoms with Crippen molar-refractivity contribution in [3.05, 3.63) is 30.1 Å². The second-order valence-electron chi connectivity index (χ2n) is 3.01. The molecule has 0 atom stereocenters. The van der Waals surface area contributed by atoms with Gasteiger partial charge in [0.2, 0.25) is 5.88 Å². The molecule has 16 heavy (non-hydrogen) atoms. The van der Waals surface area contributed by atoms with Crippen LogP contribution in [0.2, 0.25) is 0 Å². The lowest BCUT2D eigenvalue weighted by Crippen LogP contribution is -1.96. The molecule has 2 aromatic heterocycles. The molecule has 0 spiro atoms. The second kappa shape index (κ2) is 4.85. The van der Waals surface area contributed by atoms with Crippen LogP contribution >= 0.6 is 11.6 Å². The van der Waals surface area contributed by atoms with Crippen LogP contribution in [-0.2, 0) is 5.88 Å². The summed E-state index contributed by atoms with van der Waals surface area (Å²) in [4.78, 5) is 8.27. The Bertz CT molecular complexity index is 412. The van der Waals surface area contributed by atoms with E-state index in [9.17, 15) is 0 Å². The lowest BCUT2D eigenvalue weighted by Gasteiger charge is -2.00. The molecule has 0 saturated heterocycles. The monoisotopic (exact) mass is 236 g/mol. The molecule has 0 amide bonds. The lowest BCUT2D eigenvalue weighted by molar-refractivity contribution is 0.392. The number of hydrogen-bond acceptors (Lipinski definition) is 5. The number of aromatic nitrogens is 4. The highest BCUT2D eigenvalue weighted by Gasteiger charge is 2.04. The topological polar surface area (TPSA) is 60.8 Å². The van der Waals surface area contributed by atoms with Crippen LogP contribution in [0.1, 0.15) is 5.56 Å². The van der Waals surface area contributed by atoms with E-state index in [0.29, 0.717) is 23.3 Å². The normalized spacial score (nSPS) is 10.1. The first-order valence-electron chi connectivity index (χ1n) is 4.58. The van der Waals surface area contributed by atoms with Gasteiger partial charge in [-0.2, -0.15) is 0 Å². The summed E-state index contributed by atoms with van der Waals surface area (Å²) in [5.41, 5.74) is 1.47. The first-order valence-corrected chi connectivity index (χ1v) is 5.12. The van der Waals surface area contributed by atoms with Gasteiger partial charge in [0, 0.05) is 24.0 Å². The number of alkyl halides is 1. The minimum atomic E-state index is 0.397. The summed E-state index contributed by atoms with van der Waals surface area (Å²) >= 11 is 5.64. The van der Waals surface area contributed by atoms with E-state index in [1.165, 1.54) is 7.11 Å². The Morgan fingerprint density at radius 3 is 2.44 bits per heavy atom. The molecular formula is C10H9ClN4O. The summed E-state index contributed by atoms with van der Waals surface area (Å²) in [6, 6.07) is 3.46. The van der Waals surface area contributed by atoms with E-state index in [0.717, 1.165) is 5.56 Å². The molecule has 0 aromatic carbocycles. The van der Waals surface area contributed by atoms with E-state index in [2.05, 4.69) is 20.2 Å². The van der Waals surface area contributed by atoms with Crippen molar-refractivity contribution in [1.29, 1.82) is 0 Å². The predicted molar refractivity (Wildman–Crippen MR) is 59.2 cm³/mol. The third-order valence-corrected chi connectivity index (χ3v) is 2.25. The molecule has 5 nitrogen and oxygen atoms in total. The van der Waals surface area contributed by atoms with E-state index in [1.54, 1.807) is 24.5 Å². The highest BCUT2D eigenvalue weighted by atomic mass is 35.5. The van der Waals surface area contributed by atoms with Gasteiger partial charge in [-0.15, -0.1) is 21.8 Å². The number of nitrogens with zero attached hydrogens (tertiary/aromatic N) is 4. The molecule has 2 aromatic rings. The maximum absolute atomic E-state index is 5.64. The molecule has 82 valence electrons. The number of ether oxygens (including phenoxy) is 1. The van der Waals surface area contributed by atoms with Gasteiger partial charge in [-0.05, 0) is 6.07 Å². The van der Waals surface area contributed by atoms with Gasteiger partial charge in [-0.1, -0.05) is 0 Å². The standard InChI is InChI=1S/C10H9ClN4O/c1-16-9-3-2-8(14-15-9)10-12-5-7(4-11)6-13-10/h2-3,5-6H,4H2,1H3. The fraction of sp³-hybridized carbons (Fsp3) is 0.200. The van der Waals surface area contributed by atoms with Crippen LogP contribution in [0.25, 0.3) is 11.5 Å². The number of hydrogen-bond donors (Lipinski definition) is 0. The summed E-state index contributed by atoms with van der Waals surface area (Å²) < 4.78 is 4.91. The van der Waals surface area contributed by atoms with Crippen LogP contribution < -0.4 is 4.74 Å². The highest BCUT2D eigenvalue weighted by Crippen LogP contribution is 2.13. The number of halogens is 1. The van der Waals surface area contributed by atoms with E-state index in [-0.39, 0.29) is 0 Å². The van der Waals surface area contributed by atoms with Gasteiger partial charge in [0.15, 0.2) is 5.82 Å². The summed E-state index contributed by atoms with van der Waals surface area (Å²) in [5, 5.41) is 7.78. The molecule has 0 unspecified atom stereocenters. The van der Waals surface area contributed by atoms with Gasteiger partial charge in [0.25, 0.3) is 0 Å². The van der Waals surface area contributed by atoms with Gasteiger partial charge >= 0.3 is 0 Å². The summed E-state index contributed by atoms with van der Waals surface area (Å²) in [7, 11) is 1.54. The van der Waals surface area contributed by atoms with Crippen molar-refractivity contribution in [1.82, 2.24) is 20.2 Å². The van der Waals surface area contributed by atoms with Crippen molar-refractivity contribution in [2.24, 2.45) is 0 Å². The fourth-order valence-electron chi connectivity index (χ4n) is 1.10. The minimum absolute atomic E-state index is 0.397. The molecule has 0 aliphatic rings. The van der Waals surface area contributed by atoms with Crippen molar-refractivity contribution in [2.45, 2.75) is 5.88 Å². The third-order valence-electron chi connectivity index (χ3n) is 1.94. The Hall–Kier alpha value is -1.75. The molecule has 0 saturated carbocycles. The van der Waals surface area contributed by atoms with Crippen LogP contribution in [0.4, 0.5) is 0 Å². The third kappa shape index (κ3) is 2.25. The molecule has 2 heterocycles. The fourth-order valence-corrected chi connectivity index (χ4v) is 1.24. The highest BCUT2D eigenvalue weighted by molar-refractivity contribution is 6.17. The van der Waals surface area contributed by atoms with Gasteiger partial charge in [0.05, 0.1) is 13.0 Å². The average molecular weight is 237 g/mol. The Morgan fingerprint density at radius 1 is 1.19 bits per heavy atom. The maximum Gasteiger partial charge on any atom is 0.233 e. The van der Waals surface area contributed by atoms with Crippen molar-refractivity contribution >= 4 is 11.6 Å². The molecular weight excluding hydrogens is 228 g/mol. The Kier molecular flexibility index (Phi) is 3.26. The van der Waals surface area contributed by atoms with Crippen molar-refractivity contribution < 1.29 is 4.74 Å². The lowest BCUT2D eigenvalue weighted by atomic mass is 10.3. The number of methoxy groups -OCH3 is 1. The molecule has 0 radical (unpaired) electrons. The maximum atomic E-state index is 5.64. The van der Waals surface area contributed by atoms with E-state index < -0.39 is 0 Å². The first kappa shape index (κ1) is 10.8. The van der Waals surface area contributed by atoms with Crippen LogP contribution in [-0.4, -0.2) is 27.3 Å². The zero-order valence-corrected chi connectivity index (χ0v) is 9.35. The zero-order chi connectivity index (χ0) is 11.4. The van der Waals surface area contributed by atoms with Crippen LogP contribution in [0, 0.1) is 0 Å².